The Hall–Kier alpha value is -1.02. The molecule has 0 aliphatic heterocycles. The van der Waals surface area contributed by atoms with Gasteiger partial charge < -0.3 is 10.4 Å². The van der Waals surface area contributed by atoms with E-state index < -0.39 is 6.10 Å². The Morgan fingerprint density at radius 3 is 2.55 bits per heavy atom. The highest BCUT2D eigenvalue weighted by Crippen LogP contribution is 2.63. The number of aliphatic hydroxyl groups is 1. The molecular formula is C18H27NO. The first-order valence-electron chi connectivity index (χ1n) is 7.88. The number of aliphatic hydroxyl groups excluding tert-OH is 1. The topological polar surface area (TPSA) is 32.3 Å². The van der Waals surface area contributed by atoms with Crippen molar-refractivity contribution in [1.29, 1.82) is 0 Å². The van der Waals surface area contributed by atoms with Crippen LogP contribution < -0.4 is 5.32 Å². The minimum atomic E-state index is -0.423. The molecule has 0 radical (unpaired) electrons. The van der Waals surface area contributed by atoms with Gasteiger partial charge in [0.1, 0.15) is 0 Å². The quantitative estimate of drug-likeness (QED) is 0.857. The van der Waals surface area contributed by atoms with Gasteiger partial charge in [0.05, 0.1) is 6.10 Å². The predicted molar refractivity (Wildman–Crippen MR) is 83.7 cm³/mol. The molecule has 2 fully saturated rings. The monoisotopic (exact) mass is 273 g/mol. The summed E-state index contributed by atoms with van der Waals surface area (Å²) in [5.41, 5.74) is 2.85. The molecule has 2 saturated carbocycles. The number of para-hydroxylation sites is 1. The van der Waals surface area contributed by atoms with Gasteiger partial charge >= 0.3 is 0 Å². The van der Waals surface area contributed by atoms with E-state index in [9.17, 15) is 5.11 Å². The van der Waals surface area contributed by atoms with Crippen molar-refractivity contribution in [3.8, 4) is 0 Å². The molecule has 2 nitrogen and oxygen atoms in total. The molecule has 0 aromatic heterocycles. The number of benzene rings is 1. The SMILES string of the molecule is CC(O)c1ccccc1NC1C(C)(C)[C@H]2CC[C@]1(C)C2. The fraction of sp³-hybridized carbons (Fsp3) is 0.667. The molecule has 0 heterocycles. The number of nitrogens with one attached hydrogen (secondary N) is 1. The first-order chi connectivity index (χ1) is 9.34. The van der Waals surface area contributed by atoms with Gasteiger partial charge in [-0.05, 0) is 49.0 Å². The molecule has 0 spiro atoms. The third-order valence-electron chi connectivity index (χ3n) is 5.98. The van der Waals surface area contributed by atoms with Gasteiger partial charge in [0, 0.05) is 17.3 Å². The highest BCUT2D eigenvalue weighted by atomic mass is 16.3. The van der Waals surface area contributed by atoms with Crippen LogP contribution >= 0.6 is 0 Å². The van der Waals surface area contributed by atoms with Crippen LogP contribution in [0.3, 0.4) is 0 Å². The maximum absolute atomic E-state index is 9.96. The van der Waals surface area contributed by atoms with Gasteiger partial charge in [-0.3, -0.25) is 0 Å². The molecule has 20 heavy (non-hydrogen) atoms. The minimum Gasteiger partial charge on any atom is -0.389 e. The lowest BCUT2D eigenvalue weighted by atomic mass is 9.68. The van der Waals surface area contributed by atoms with E-state index in [1.165, 1.54) is 19.3 Å². The van der Waals surface area contributed by atoms with Crippen molar-refractivity contribution in [1.82, 2.24) is 0 Å². The van der Waals surface area contributed by atoms with Gasteiger partial charge in [-0.2, -0.15) is 0 Å². The molecule has 2 bridgehead atoms. The van der Waals surface area contributed by atoms with Crippen LogP contribution in [0.2, 0.25) is 0 Å². The fourth-order valence-electron chi connectivity index (χ4n) is 4.81. The second-order valence-corrected chi connectivity index (χ2v) is 7.76. The lowest BCUT2D eigenvalue weighted by molar-refractivity contribution is 0.154. The molecule has 110 valence electrons. The summed E-state index contributed by atoms with van der Waals surface area (Å²) < 4.78 is 0. The van der Waals surface area contributed by atoms with Crippen LogP contribution in [0, 0.1) is 16.7 Å². The van der Waals surface area contributed by atoms with Crippen LogP contribution in [0.1, 0.15) is 58.6 Å². The van der Waals surface area contributed by atoms with E-state index in [-0.39, 0.29) is 0 Å². The molecule has 2 unspecified atom stereocenters. The summed E-state index contributed by atoms with van der Waals surface area (Å²) in [4.78, 5) is 0. The largest absolute Gasteiger partial charge is 0.389 e. The summed E-state index contributed by atoms with van der Waals surface area (Å²) in [6.45, 7) is 9.09. The Morgan fingerprint density at radius 1 is 1.25 bits per heavy atom. The first kappa shape index (κ1) is 13.9. The molecule has 4 atom stereocenters. The lowest BCUT2D eigenvalue weighted by Gasteiger charge is -2.44. The third kappa shape index (κ3) is 1.96. The smallest absolute Gasteiger partial charge is 0.0781 e. The van der Waals surface area contributed by atoms with Crippen molar-refractivity contribution >= 4 is 5.69 Å². The maximum atomic E-state index is 9.96. The normalized spacial score (nSPS) is 36.0. The average molecular weight is 273 g/mol. The predicted octanol–water partition coefficient (Wildman–Crippen LogP) is 4.37. The van der Waals surface area contributed by atoms with E-state index in [1.807, 2.05) is 19.1 Å². The van der Waals surface area contributed by atoms with Crippen LogP contribution in [-0.2, 0) is 0 Å². The van der Waals surface area contributed by atoms with Gasteiger partial charge in [-0.25, -0.2) is 0 Å². The summed E-state index contributed by atoms with van der Waals surface area (Å²) in [7, 11) is 0. The van der Waals surface area contributed by atoms with Crippen LogP contribution in [-0.4, -0.2) is 11.1 Å². The summed E-state index contributed by atoms with van der Waals surface area (Å²) >= 11 is 0. The summed E-state index contributed by atoms with van der Waals surface area (Å²) in [5.74, 6) is 0.837. The molecular weight excluding hydrogens is 246 g/mol. The van der Waals surface area contributed by atoms with E-state index >= 15 is 0 Å². The molecule has 1 aromatic rings. The van der Waals surface area contributed by atoms with Crippen molar-refractivity contribution in [3.63, 3.8) is 0 Å². The van der Waals surface area contributed by atoms with Crippen molar-refractivity contribution in [2.45, 2.75) is 59.1 Å². The van der Waals surface area contributed by atoms with Gasteiger partial charge in [-0.15, -0.1) is 0 Å². The molecule has 2 N–H and O–H groups in total. The Balaban J connectivity index is 1.92. The van der Waals surface area contributed by atoms with Crippen molar-refractivity contribution in [2.75, 3.05) is 5.32 Å². The number of rotatable bonds is 3. The van der Waals surface area contributed by atoms with Crippen molar-refractivity contribution in [2.24, 2.45) is 16.7 Å². The lowest BCUT2D eigenvalue weighted by Crippen LogP contribution is -2.46. The molecule has 0 amide bonds. The Labute approximate surface area is 122 Å². The van der Waals surface area contributed by atoms with E-state index in [4.69, 9.17) is 0 Å². The van der Waals surface area contributed by atoms with Gasteiger partial charge in [0.15, 0.2) is 0 Å². The highest BCUT2D eigenvalue weighted by Gasteiger charge is 2.59. The van der Waals surface area contributed by atoms with Gasteiger partial charge in [0.25, 0.3) is 0 Å². The second-order valence-electron chi connectivity index (χ2n) is 7.76. The van der Waals surface area contributed by atoms with Crippen LogP contribution in [0.5, 0.6) is 0 Å². The number of hydrogen-bond acceptors (Lipinski definition) is 2. The zero-order valence-corrected chi connectivity index (χ0v) is 13.1. The summed E-state index contributed by atoms with van der Waals surface area (Å²) in [6.07, 6.45) is 3.62. The molecule has 2 aliphatic carbocycles. The average Bonchev–Trinajstić information content (AvgIpc) is 2.86. The molecule has 2 heteroatoms. The zero-order valence-electron chi connectivity index (χ0n) is 13.1. The first-order valence-corrected chi connectivity index (χ1v) is 7.88. The maximum Gasteiger partial charge on any atom is 0.0781 e. The third-order valence-corrected chi connectivity index (χ3v) is 5.98. The Bertz CT molecular complexity index is 503. The van der Waals surface area contributed by atoms with Crippen molar-refractivity contribution in [3.05, 3.63) is 29.8 Å². The number of fused-ring (bicyclic) bond motifs is 2. The van der Waals surface area contributed by atoms with E-state index in [0.29, 0.717) is 16.9 Å². The standard InChI is InChI=1S/C18H27NO/c1-12(20)14-7-5-6-8-15(14)19-16-17(2,3)13-9-10-18(16,4)11-13/h5-8,12-13,16,19-20H,9-11H2,1-4H3/t12?,13-,16?,18+/m0/s1. The van der Waals surface area contributed by atoms with Crippen molar-refractivity contribution < 1.29 is 5.11 Å². The molecule has 3 rings (SSSR count). The van der Waals surface area contributed by atoms with Crippen LogP contribution in [0.25, 0.3) is 0 Å². The van der Waals surface area contributed by atoms with Crippen LogP contribution in [0.4, 0.5) is 5.69 Å². The zero-order chi connectivity index (χ0) is 14.5. The fourth-order valence-corrected chi connectivity index (χ4v) is 4.81. The number of hydrogen-bond donors (Lipinski definition) is 2. The van der Waals surface area contributed by atoms with E-state index in [1.54, 1.807) is 0 Å². The molecule has 1 aromatic carbocycles. The van der Waals surface area contributed by atoms with Gasteiger partial charge in [0.2, 0.25) is 0 Å². The molecule has 2 aliphatic rings. The summed E-state index contributed by atoms with van der Waals surface area (Å²) in [5, 5.41) is 13.8. The van der Waals surface area contributed by atoms with E-state index in [2.05, 4.69) is 38.2 Å². The second kappa shape index (κ2) is 4.49. The van der Waals surface area contributed by atoms with Gasteiger partial charge in [-0.1, -0.05) is 39.0 Å². The summed E-state index contributed by atoms with van der Waals surface area (Å²) in [6, 6.07) is 8.68. The van der Waals surface area contributed by atoms with E-state index in [0.717, 1.165) is 17.2 Å². The highest BCUT2D eigenvalue weighted by molar-refractivity contribution is 5.54. The molecule has 0 saturated heterocycles. The minimum absolute atomic E-state index is 0.332. The number of anilines is 1. The van der Waals surface area contributed by atoms with Crippen LogP contribution in [0.15, 0.2) is 24.3 Å². The Morgan fingerprint density at radius 2 is 1.95 bits per heavy atom. The Kier molecular flexibility index (Phi) is 3.13.